The highest BCUT2D eigenvalue weighted by Crippen LogP contribution is 2.29. The highest BCUT2D eigenvalue weighted by molar-refractivity contribution is 5.79. The van der Waals surface area contributed by atoms with E-state index in [0.717, 1.165) is 17.8 Å². The zero-order valence-corrected chi connectivity index (χ0v) is 13.9. The van der Waals surface area contributed by atoms with Crippen LogP contribution in [0.1, 0.15) is 16.8 Å². The van der Waals surface area contributed by atoms with Crippen molar-refractivity contribution < 1.29 is 17.9 Å². The Morgan fingerprint density at radius 2 is 1.84 bits per heavy atom. The van der Waals surface area contributed by atoms with Gasteiger partial charge in [0.05, 0.1) is 24.9 Å². The maximum atomic E-state index is 12.7. The molecule has 5 nitrogen and oxygen atoms in total. The van der Waals surface area contributed by atoms with E-state index >= 15 is 0 Å². The topological polar surface area (TPSA) is 58.5 Å². The molecule has 0 aliphatic carbocycles. The highest BCUT2D eigenvalue weighted by Gasteiger charge is 2.30. The molecule has 0 saturated heterocycles. The van der Waals surface area contributed by atoms with Crippen LogP contribution in [0.25, 0.3) is 0 Å². The van der Waals surface area contributed by atoms with Gasteiger partial charge < -0.3 is 15.4 Å². The molecular formula is C17H19F3N4O. The molecule has 0 aliphatic heterocycles. The Morgan fingerprint density at radius 1 is 1.12 bits per heavy atom. The molecule has 8 heteroatoms. The zero-order chi connectivity index (χ0) is 18.3. The van der Waals surface area contributed by atoms with Crippen molar-refractivity contribution in [3.63, 3.8) is 0 Å². The van der Waals surface area contributed by atoms with Crippen molar-refractivity contribution in [2.45, 2.75) is 19.3 Å². The smallest absolute Gasteiger partial charge is 0.416 e. The number of guanidine groups is 1. The second-order valence-corrected chi connectivity index (χ2v) is 5.15. The van der Waals surface area contributed by atoms with Crippen LogP contribution in [0.2, 0.25) is 0 Å². The fourth-order valence-corrected chi connectivity index (χ4v) is 2.11. The molecule has 2 N–H and O–H groups in total. The number of nitrogens with one attached hydrogen (secondary N) is 2. The number of benzene rings is 1. The van der Waals surface area contributed by atoms with Crippen molar-refractivity contribution in [2.75, 3.05) is 14.2 Å². The van der Waals surface area contributed by atoms with Crippen LogP contribution >= 0.6 is 0 Å². The third-order valence-corrected chi connectivity index (χ3v) is 3.37. The Labute approximate surface area is 144 Å². The van der Waals surface area contributed by atoms with Crippen LogP contribution < -0.4 is 15.4 Å². The van der Waals surface area contributed by atoms with Crippen molar-refractivity contribution in [3.05, 3.63) is 59.3 Å². The van der Waals surface area contributed by atoms with Gasteiger partial charge in [-0.1, -0.05) is 18.2 Å². The summed E-state index contributed by atoms with van der Waals surface area (Å²) < 4.78 is 43.2. The lowest BCUT2D eigenvalue weighted by Crippen LogP contribution is -2.36. The predicted molar refractivity (Wildman–Crippen MR) is 89.3 cm³/mol. The molecule has 0 amide bonds. The van der Waals surface area contributed by atoms with Gasteiger partial charge in [-0.15, -0.1) is 0 Å². The first-order valence-corrected chi connectivity index (χ1v) is 7.53. The number of nitrogens with zero attached hydrogens (tertiary/aromatic N) is 2. The van der Waals surface area contributed by atoms with E-state index in [4.69, 9.17) is 4.74 Å². The van der Waals surface area contributed by atoms with Gasteiger partial charge in [0.2, 0.25) is 5.88 Å². The second kappa shape index (κ2) is 8.36. The van der Waals surface area contributed by atoms with Crippen molar-refractivity contribution in [1.82, 2.24) is 15.6 Å². The van der Waals surface area contributed by atoms with E-state index in [2.05, 4.69) is 20.6 Å². The zero-order valence-electron chi connectivity index (χ0n) is 13.9. The van der Waals surface area contributed by atoms with E-state index in [1.165, 1.54) is 13.2 Å². The molecule has 0 aliphatic rings. The molecule has 1 aromatic heterocycles. The van der Waals surface area contributed by atoms with Gasteiger partial charge in [0, 0.05) is 19.7 Å². The van der Waals surface area contributed by atoms with Gasteiger partial charge >= 0.3 is 6.18 Å². The predicted octanol–water partition coefficient (Wildman–Crippen LogP) is 2.97. The molecule has 25 heavy (non-hydrogen) atoms. The summed E-state index contributed by atoms with van der Waals surface area (Å²) in [5.74, 6) is 0.966. The first-order chi connectivity index (χ1) is 11.9. The van der Waals surface area contributed by atoms with Crippen LogP contribution in [-0.4, -0.2) is 25.1 Å². The van der Waals surface area contributed by atoms with E-state index in [9.17, 15) is 13.2 Å². The number of alkyl halides is 3. The number of methoxy groups -OCH3 is 1. The molecule has 1 aromatic carbocycles. The average Bonchev–Trinajstić information content (AvgIpc) is 2.61. The summed E-state index contributed by atoms with van der Waals surface area (Å²) >= 11 is 0. The summed E-state index contributed by atoms with van der Waals surface area (Å²) in [6.07, 6.45) is -4.35. The van der Waals surface area contributed by atoms with E-state index in [-0.39, 0.29) is 6.54 Å². The molecule has 0 fully saturated rings. The molecule has 2 aromatic rings. The molecule has 134 valence electrons. The quantitative estimate of drug-likeness (QED) is 0.642. The van der Waals surface area contributed by atoms with Gasteiger partial charge in [0.15, 0.2) is 5.96 Å². The molecular weight excluding hydrogens is 333 g/mol. The van der Waals surface area contributed by atoms with E-state index < -0.39 is 11.7 Å². The minimum Gasteiger partial charge on any atom is -0.481 e. The number of aromatic nitrogens is 1. The maximum absolute atomic E-state index is 12.7. The molecule has 2 rings (SSSR count). The van der Waals surface area contributed by atoms with Crippen molar-refractivity contribution in [2.24, 2.45) is 4.99 Å². The first-order valence-electron chi connectivity index (χ1n) is 7.53. The number of hydrogen-bond acceptors (Lipinski definition) is 3. The summed E-state index contributed by atoms with van der Waals surface area (Å²) in [5, 5.41) is 6.03. The van der Waals surface area contributed by atoms with Crippen molar-refractivity contribution >= 4 is 5.96 Å². The standard InChI is InChI=1S/C17H19F3N4O/c1-21-16(23-11-14-7-4-8-15(24-14)25-2)22-10-12-5-3-6-13(9-12)17(18,19)20/h3-9H,10-11H2,1-2H3,(H2,21,22,23). The maximum Gasteiger partial charge on any atom is 0.416 e. The average molecular weight is 352 g/mol. The summed E-state index contributed by atoms with van der Waals surface area (Å²) in [6.45, 7) is 0.620. The molecule has 0 unspecified atom stereocenters. The highest BCUT2D eigenvalue weighted by atomic mass is 19.4. The van der Waals surface area contributed by atoms with E-state index in [1.807, 2.05) is 12.1 Å². The fourth-order valence-electron chi connectivity index (χ4n) is 2.11. The van der Waals surface area contributed by atoms with E-state index in [1.54, 1.807) is 19.2 Å². The Bertz CT molecular complexity index is 732. The van der Waals surface area contributed by atoms with Crippen molar-refractivity contribution in [1.29, 1.82) is 0 Å². The van der Waals surface area contributed by atoms with Gasteiger partial charge in [0.25, 0.3) is 0 Å². The van der Waals surface area contributed by atoms with E-state index in [0.29, 0.717) is 23.9 Å². The largest absolute Gasteiger partial charge is 0.481 e. The summed E-state index contributed by atoms with van der Waals surface area (Å²) in [4.78, 5) is 8.31. The second-order valence-electron chi connectivity index (χ2n) is 5.15. The third kappa shape index (κ3) is 5.66. The Balaban J connectivity index is 1.92. The Morgan fingerprint density at radius 3 is 2.52 bits per heavy atom. The van der Waals surface area contributed by atoms with Crippen LogP contribution in [0.3, 0.4) is 0 Å². The lowest BCUT2D eigenvalue weighted by atomic mass is 10.1. The lowest BCUT2D eigenvalue weighted by molar-refractivity contribution is -0.137. The molecule has 0 atom stereocenters. The van der Waals surface area contributed by atoms with Gasteiger partial charge in [-0.2, -0.15) is 13.2 Å². The summed E-state index contributed by atoms with van der Waals surface area (Å²) in [5.41, 5.74) is 0.592. The monoisotopic (exact) mass is 352 g/mol. The lowest BCUT2D eigenvalue weighted by Gasteiger charge is -2.13. The number of ether oxygens (including phenoxy) is 1. The minimum atomic E-state index is -4.35. The molecule has 1 heterocycles. The van der Waals surface area contributed by atoms with Crippen LogP contribution in [-0.2, 0) is 19.3 Å². The van der Waals surface area contributed by atoms with Gasteiger partial charge in [0.1, 0.15) is 0 Å². The number of aliphatic imine (C=N–C) groups is 1. The molecule has 0 saturated carbocycles. The SMILES string of the molecule is CN=C(NCc1cccc(C(F)(F)F)c1)NCc1cccc(OC)n1. The van der Waals surface area contributed by atoms with Gasteiger partial charge in [-0.3, -0.25) is 4.99 Å². The fraction of sp³-hybridized carbons (Fsp3) is 0.294. The van der Waals surface area contributed by atoms with Crippen LogP contribution in [0, 0.1) is 0 Å². The third-order valence-electron chi connectivity index (χ3n) is 3.37. The van der Waals surface area contributed by atoms with Gasteiger partial charge in [-0.05, 0) is 23.8 Å². The number of pyridine rings is 1. The summed E-state index contributed by atoms with van der Waals surface area (Å²) in [6, 6.07) is 10.6. The molecule has 0 bridgehead atoms. The van der Waals surface area contributed by atoms with Crippen LogP contribution in [0.4, 0.5) is 13.2 Å². The molecule has 0 spiro atoms. The summed E-state index contributed by atoms with van der Waals surface area (Å²) in [7, 11) is 3.12. The Hall–Kier alpha value is -2.77. The van der Waals surface area contributed by atoms with Crippen LogP contribution in [0.5, 0.6) is 5.88 Å². The number of hydrogen-bond donors (Lipinski definition) is 2. The van der Waals surface area contributed by atoms with Crippen molar-refractivity contribution in [3.8, 4) is 5.88 Å². The Kier molecular flexibility index (Phi) is 6.21. The first kappa shape index (κ1) is 18.6. The minimum absolute atomic E-state index is 0.217. The number of rotatable bonds is 5. The normalized spacial score (nSPS) is 12.0. The van der Waals surface area contributed by atoms with Gasteiger partial charge in [-0.25, -0.2) is 4.98 Å². The molecule has 0 radical (unpaired) electrons. The number of halogens is 3. The van der Waals surface area contributed by atoms with Crippen LogP contribution in [0.15, 0.2) is 47.5 Å².